The maximum Gasteiger partial charge on any atom is 0.272 e. The number of benzene rings is 4. The summed E-state index contributed by atoms with van der Waals surface area (Å²) in [5, 5.41) is 9.55. The Bertz CT molecular complexity index is 1630. The highest BCUT2D eigenvalue weighted by molar-refractivity contribution is 8.00. The minimum absolute atomic E-state index is 0.0414. The Balaban J connectivity index is 1.48. The number of amides is 3. The molecule has 0 saturated heterocycles. The van der Waals surface area contributed by atoms with Crippen LogP contribution in [-0.4, -0.2) is 23.5 Å². The predicted molar refractivity (Wildman–Crippen MR) is 169 cm³/mol. The molecule has 0 spiro atoms. The van der Waals surface area contributed by atoms with Gasteiger partial charge in [-0.05, 0) is 66.2 Å². The summed E-state index contributed by atoms with van der Waals surface area (Å²) in [6, 6.07) is 25.2. The third-order valence-corrected chi connectivity index (χ3v) is 7.85. The average molecular weight is 645 g/mol. The molecule has 0 saturated carbocycles. The number of carbonyl (C=O) groups excluding carboxylic acids is 3. The van der Waals surface area contributed by atoms with E-state index in [1.165, 1.54) is 17.8 Å². The molecule has 0 aliphatic heterocycles. The first kappa shape index (κ1) is 30.5. The van der Waals surface area contributed by atoms with Gasteiger partial charge in [-0.15, -0.1) is 11.8 Å². The fraction of sp³-hybridized carbons (Fsp3) is 0.0333. The number of nitrogens with one attached hydrogen (secondary N) is 3. The van der Waals surface area contributed by atoms with Gasteiger partial charge in [0, 0.05) is 21.2 Å². The SMILES string of the molecule is O=C(CSc1cccc(NC(=O)/C(=C\c2cccc(Cl)c2Cl)NC(=O)c2ccccc2)c1)Nc1ccc(Cl)cc1Cl. The Labute approximate surface area is 261 Å². The van der Waals surface area contributed by atoms with E-state index in [0.29, 0.717) is 37.6 Å². The van der Waals surface area contributed by atoms with Crippen molar-refractivity contribution in [2.24, 2.45) is 0 Å². The van der Waals surface area contributed by atoms with Crippen molar-refractivity contribution in [2.45, 2.75) is 4.90 Å². The van der Waals surface area contributed by atoms with Gasteiger partial charge in [0.05, 0.1) is 26.5 Å². The van der Waals surface area contributed by atoms with E-state index in [9.17, 15) is 14.4 Å². The van der Waals surface area contributed by atoms with Gasteiger partial charge in [0.2, 0.25) is 5.91 Å². The molecular formula is C30H21Cl4N3O3S. The van der Waals surface area contributed by atoms with E-state index in [4.69, 9.17) is 46.4 Å². The van der Waals surface area contributed by atoms with E-state index in [-0.39, 0.29) is 22.4 Å². The summed E-state index contributed by atoms with van der Waals surface area (Å²) in [4.78, 5) is 39.4. The van der Waals surface area contributed by atoms with Crippen LogP contribution >= 0.6 is 58.2 Å². The van der Waals surface area contributed by atoms with Crippen LogP contribution in [0.4, 0.5) is 11.4 Å². The highest BCUT2D eigenvalue weighted by atomic mass is 35.5. The molecule has 0 heterocycles. The van der Waals surface area contributed by atoms with Gasteiger partial charge in [0.1, 0.15) is 5.70 Å². The number of rotatable bonds is 9. The number of anilines is 2. The molecule has 0 fully saturated rings. The van der Waals surface area contributed by atoms with Crippen LogP contribution in [0.15, 0.2) is 102 Å². The Morgan fingerprint density at radius 1 is 0.756 bits per heavy atom. The minimum atomic E-state index is -0.581. The number of hydrogen-bond acceptors (Lipinski definition) is 4. The van der Waals surface area contributed by atoms with E-state index < -0.39 is 11.8 Å². The lowest BCUT2D eigenvalue weighted by atomic mass is 10.1. The van der Waals surface area contributed by atoms with Gasteiger partial charge in [-0.25, -0.2) is 0 Å². The van der Waals surface area contributed by atoms with Crippen LogP contribution in [0, 0.1) is 0 Å². The van der Waals surface area contributed by atoms with Crippen LogP contribution in [-0.2, 0) is 9.59 Å². The third kappa shape index (κ3) is 8.76. The first-order valence-corrected chi connectivity index (χ1v) is 14.5. The van der Waals surface area contributed by atoms with E-state index in [0.717, 1.165) is 4.90 Å². The van der Waals surface area contributed by atoms with Crippen molar-refractivity contribution < 1.29 is 14.4 Å². The Morgan fingerprint density at radius 3 is 2.27 bits per heavy atom. The topological polar surface area (TPSA) is 87.3 Å². The average Bonchev–Trinajstić information content (AvgIpc) is 2.96. The Morgan fingerprint density at radius 2 is 1.51 bits per heavy atom. The highest BCUT2D eigenvalue weighted by Crippen LogP contribution is 2.28. The highest BCUT2D eigenvalue weighted by Gasteiger charge is 2.17. The summed E-state index contributed by atoms with van der Waals surface area (Å²) in [7, 11) is 0. The van der Waals surface area contributed by atoms with Crippen LogP contribution in [0.3, 0.4) is 0 Å². The van der Waals surface area contributed by atoms with Gasteiger partial charge in [-0.3, -0.25) is 14.4 Å². The quantitative estimate of drug-likeness (QED) is 0.126. The maximum atomic E-state index is 13.4. The zero-order valence-electron chi connectivity index (χ0n) is 21.1. The molecule has 208 valence electrons. The van der Waals surface area contributed by atoms with Crippen molar-refractivity contribution in [1.82, 2.24) is 5.32 Å². The fourth-order valence-electron chi connectivity index (χ4n) is 3.52. The van der Waals surface area contributed by atoms with Gasteiger partial charge in [-0.1, -0.05) is 82.8 Å². The molecule has 4 aromatic rings. The van der Waals surface area contributed by atoms with Crippen LogP contribution < -0.4 is 16.0 Å². The standard InChI is InChI=1S/C30H21Cl4N3O3S/c31-20-12-13-25(24(33)15-20)36-27(38)17-41-22-10-5-9-21(16-22)35-30(40)26(14-19-8-4-11-23(32)28(19)34)37-29(39)18-6-2-1-3-7-18/h1-16H,17H2,(H,35,40)(H,36,38)(H,37,39)/b26-14+. The molecule has 4 aromatic carbocycles. The first-order chi connectivity index (χ1) is 19.7. The van der Waals surface area contributed by atoms with Gasteiger partial charge in [0.15, 0.2) is 0 Å². The summed E-state index contributed by atoms with van der Waals surface area (Å²) in [5.41, 5.74) is 1.70. The van der Waals surface area contributed by atoms with Gasteiger partial charge >= 0.3 is 0 Å². The molecule has 0 aliphatic carbocycles. The summed E-state index contributed by atoms with van der Waals surface area (Å²) in [6.45, 7) is 0. The first-order valence-electron chi connectivity index (χ1n) is 12.0. The molecule has 0 aliphatic rings. The lowest BCUT2D eigenvalue weighted by Crippen LogP contribution is -2.30. The van der Waals surface area contributed by atoms with Gasteiger partial charge in [-0.2, -0.15) is 0 Å². The molecule has 41 heavy (non-hydrogen) atoms. The molecule has 3 N–H and O–H groups in total. The second-order valence-corrected chi connectivity index (χ2v) is 11.1. The van der Waals surface area contributed by atoms with Crippen LogP contribution in [0.1, 0.15) is 15.9 Å². The summed E-state index contributed by atoms with van der Waals surface area (Å²) < 4.78 is 0. The fourth-order valence-corrected chi connectivity index (χ4v) is 5.09. The third-order valence-electron chi connectivity index (χ3n) is 5.48. The minimum Gasteiger partial charge on any atom is -0.324 e. The lowest BCUT2D eigenvalue weighted by molar-refractivity contribution is -0.114. The zero-order valence-corrected chi connectivity index (χ0v) is 24.9. The molecular weight excluding hydrogens is 624 g/mol. The molecule has 0 aromatic heterocycles. The molecule has 0 unspecified atom stereocenters. The largest absolute Gasteiger partial charge is 0.324 e. The van der Waals surface area contributed by atoms with Crippen LogP contribution in [0.5, 0.6) is 0 Å². The number of carbonyl (C=O) groups is 3. The normalized spacial score (nSPS) is 11.1. The van der Waals surface area contributed by atoms with Crippen LogP contribution in [0.2, 0.25) is 20.1 Å². The smallest absolute Gasteiger partial charge is 0.272 e. The van der Waals surface area contributed by atoms with Crippen LogP contribution in [0.25, 0.3) is 6.08 Å². The van der Waals surface area contributed by atoms with E-state index in [1.807, 2.05) is 6.07 Å². The second-order valence-electron chi connectivity index (χ2n) is 8.46. The number of hydrogen-bond donors (Lipinski definition) is 3. The second kappa shape index (κ2) is 14.4. The van der Waals surface area contributed by atoms with Crippen molar-refractivity contribution in [1.29, 1.82) is 0 Å². The molecule has 11 heteroatoms. The van der Waals surface area contributed by atoms with Crippen molar-refractivity contribution in [3.05, 3.63) is 128 Å². The summed E-state index contributed by atoms with van der Waals surface area (Å²) in [6.07, 6.45) is 1.45. The van der Waals surface area contributed by atoms with Crippen molar-refractivity contribution in [2.75, 3.05) is 16.4 Å². The zero-order chi connectivity index (χ0) is 29.4. The lowest BCUT2D eigenvalue weighted by Gasteiger charge is -2.13. The van der Waals surface area contributed by atoms with Crippen molar-refractivity contribution >= 4 is 93.3 Å². The molecule has 4 rings (SSSR count). The van der Waals surface area contributed by atoms with Gasteiger partial charge < -0.3 is 16.0 Å². The van der Waals surface area contributed by atoms with Gasteiger partial charge in [0.25, 0.3) is 11.8 Å². The van der Waals surface area contributed by atoms with Crippen molar-refractivity contribution in [3.63, 3.8) is 0 Å². The van der Waals surface area contributed by atoms with E-state index >= 15 is 0 Å². The Hall–Kier alpha value is -3.46. The predicted octanol–water partition coefficient (Wildman–Crippen LogP) is 8.44. The summed E-state index contributed by atoms with van der Waals surface area (Å²) >= 11 is 25.8. The number of thioether (sulfide) groups is 1. The van der Waals surface area contributed by atoms with Crippen molar-refractivity contribution in [3.8, 4) is 0 Å². The molecule has 0 atom stereocenters. The summed E-state index contributed by atoms with van der Waals surface area (Å²) in [5.74, 6) is -1.22. The molecule has 3 amide bonds. The monoisotopic (exact) mass is 643 g/mol. The maximum absolute atomic E-state index is 13.4. The molecule has 0 radical (unpaired) electrons. The van der Waals surface area contributed by atoms with E-state index in [2.05, 4.69) is 16.0 Å². The Kier molecular flexibility index (Phi) is 10.7. The van der Waals surface area contributed by atoms with E-state index in [1.54, 1.807) is 84.9 Å². The molecule has 6 nitrogen and oxygen atoms in total. The number of halogens is 4. The molecule has 0 bridgehead atoms.